The molecule has 1 aromatic rings. The van der Waals surface area contributed by atoms with E-state index in [1.54, 1.807) is 0 Å². The van der Waals surface area contributed by atoms with Gasteiger partial charge in [-0.15, -0.1) is 0 Å². The molecule has 0 aromatic heterocycles. The number of nitrogens with one attached hydrogen (secondary N) is 2. The smallest absolute Gasteiger partial charge is 0.313 e. The molecule has 126 valence electrons. The van der Waals surface area contributed by atoms with Gasteiger partial charge in [-0.3, -0.25) is 9.59 Å². The van der Waals surface area contributed by atoms with Crippen LogP contribution in [0, 0.1) is 11.7 Å². The van der Waals surface area contributed by atoms with Crippen LogP contribution in [0.5, 0.6) is 0 Å². The molecule has 3 N–H and O–H groups in total. The third-order valence-electron chi connectivity index (χ3n) is 4.05. The Kier molecular flexibility index (Phi) is 6.36. The Morgan fingerprint density at radius 1 is 1.26 bits per heavy atom. The molecule has 5 nitrogen and oxygen atoms in total. The fraction of sp³-hybridized carbons (Fsp3) is 0.500. The summed E-state index contributed by atoms with van der Waals surface area (Å²) in [5.41, 5.74) is 0.226. The summed E-state index contributed by atoms with van der Waals surface area (Å²) in [6.45, 7) is 0.0428. The lowest BCUT2D eigenvalue weighted by atomic mass is 9.85. The number of benzene rings is 1. The summed E-state index contributed by atoms with van der Waals surface area (Å²) in [7, 11) is 0. The van der Waals surface area contributed by atoms with E-state index in [9.17, 15) is 19.1 Å². The van der Waals surface area contributed by atoms with E-state index < -0.39 is 23.7 Å². The van der Waals surface area contributed by atoms with Crippen LogP contribution in [0.4, 0.5) is 10.1 Å². The maximum atomic E-state index is 13.0. The second-order valence-electron chi connectivity index (χ2n) is 5.76. The molecule has 1 atom stereocenters. The molecule has 7 heteroatoms. The summed E-state index contributed by atoms with van der Waals surface area (Å²) in [6.07, 6.45) is 4.59. The number of carbonyl (C=O) groups excluding carboxylic acids is 2. The fourth-order valence-corrected chi connectivity index (χ4v) is 2.91. The Balaban J connectivity index is 1.80. The summed E-state index contributed by atoms with van der Waals surface area (Å²) in [4.78, 5) is 23.5. The van der Waals surface area contributed by atoms with Crippen molar-refractivity contribution in [3.05, 3.63) is 29.0 Å². The van der Waals surface area contributed by atoms with Crippen LogP contribution in [-0.2, 0) is 9.59 Å². The van der Waals surface area contributed by atoms with Gasteiger partial charge in [0.15, 0.2) is 0 Å². The molecule has 1 saturated carbocycles. The summed E-state index contributed by atoms with van der Waals surface area (Å²) in [5, 5.41) is 14.7. The first-order valence-electron chi connectivity index (χ1n) is 7.69. The SMILES string of the molecule is O=C(NC[C@H](O)C1CCCCC1)C(=O)Nc1ccc(F)c(Cl)c1. The predicted molar refractivity (Wildman–Crippen MR) is 85.6 cm³/mol. The number of hydrogen-bond acceptors (Lipinski definition) is 3. The summed E-state index contributed by atoms with van der Waals surface area (Å²) in [5.74, 6) is -2.17. The van der Waals surface area contributed by atoms with Crippen LogP contribution < -0.4 is 10.6 Å². The first-order chi connectivity index (χ1) is 11.0. The lowest BCUT2D eigenvalue weighted by Crippen LogP contribution is -2.42. The van der Waals surface area contributed by atoms with Crippen molar-refractivity contribution in [2.75, 3.05) is 11.9 Å². The minimum atomic E-state index is -0.886. The van der Waals surface area contributed by atoms with Gasteiger partial charge in [-0.05, 0) is 37.0 Å². The van der Waals surface area contributed by atoms with E-state index >= 15 is 0 Å². The molecule has 0 spiro atoms. The van der Waals surface area contributed by atoms with Gasteiger partial charge in [-0.2, -0.15) is 0 Å². The Hall–Kier alpha value is -1.66. The molecule has 0 bridgehead atoms. The van der Waals surface area contributed by atoms with Gasteiger partial charge in [0.2, 0.25) is 0 Å². The van der Waals surface area contributed by atoms with Crippen LogP contribution in [0.15, 0.2) is 18.2 Å². The summed E-state index contributed by atoms with van der Waals surface area (Å²) in [6, 6.07) is 3.63. The number of amides is 2. The van der Waals surface area contributed by atoms with E-state index in [4.69, 9.17) is 11.6 Å². The molecule has 0 unspecified atom stereocenters. The van der Waals surface area contributed by atoms with Gasteiger partial charge in [0.05, 0.1) is 11.1 Å². The largest absolute Gasteiger partial charge is 0.391 e. The van der Waals surface area contributed by atoms with Gasteiger partial charge in [-0.25, -0.2) is 4.39 Å². The molecule has 2 rings (SSSR count). The van der Waals surface area contributed by atoms with Gasteiger partial charge in [0, 0.05) is 12.2 Å². The molecule has 2 amide bonds. The number of carbonyl (C=O) groups is 2. The number of halogens is 2. The highest BCUT2D eigenvalue weighted by molar-refractivity contribution is 6.39. The van der Waals surface area contributed by atoms with Crippen molar-refractivity contribution in [1.29, 1.82) is 0 Å². The van der Waals surface area contributed by atoms with Crippen molar-refractivity contribution < 1.29 is 19.1 Å². The van der Waals surface area contributed by atoms with Gasteiger partial charge in [0.25, 0.3) is 0 Å². The Labute approximate surface area is 139 Å². The van der Waals surface area contributed by atoms with E-state index in [1.165, 1.54) is 18.6 Å². The maximum absolute atomic E-state index is 13.0. The molecular formula is C16H20ClFN2O3. The highest BCUT2D eigenvalue weighted by atomic mass is 35.5. The minimum Gasteiger partial charge on any atom is -0.391 e. The number of hydrogen-bond donors (Lipinski definition) is 3. The van der Waals surface area contributed by atoms with Crippen LogP contribution in [0.3, 0.4) is 0 Å². The van der Waals surface area contributed by atoms with Crippen molar-refractivity contribution in [1.82, 2.24) is 5.32 Å². The standard InChI is InChI=1S/C16H20ClFN2O3/c17-12-8-11(6-7-13(12)18)20-16(23)15(22)19-9-14(21)10-4-2-1-3-5-10/h6-8,10,14,21H,1-5,9H2,(H,19,22)(H,20,23)/t14-/m0/s1. The molecular weight excluding hydrogens is 323 g/mol. The third kappa shape index (κ3) is 5.18. The number of aliphatic hydroxyl groups is 1. The van der Waals surface area contributed by atoms with E-state index in [0.29, 0.717) is 0 Å². The molecule has 0 saturated heterocycles. The highest BCUT2D eigenvalue weighted by Crippen LogP contribution is 2.26. The average molecular weight is 343 g/mol. The molecule has 23 heavy (non-hydrogen) atoms. The number of anilines is 1. The molecule has 0 heterocycles. The summed E-state index contributed by atoms with van der Waals surface area (Å²) < 4.78 is 13.0. The van der Waals surface area contributed by atoms with Gasteiger partial charge >= 0.3 is 11.8 Å². The molecule has 1 aromatic carbocycles. The quantitative estimate of drug-likeness (QED) is 0.735. The predicted octanol–water partition coefficient (Wildman–Crippen LogP) is 2.47. The zero-order valence-corrected chi connectivity index (χ0v) is 13.4. The minimum absolute atomic E-state index is 0.0428. The van der Waals surface area contributed by atoms with Crippen molar-refractivity contribution in [2.24, 2.45) is 5.92 Å². The van der Waals surface area contributed by atoms with E-state index in [0.717, 1.165) is 31.7 Å². The number of aliphatic hydroxyl groups excluding tert-OH is 1. The summed E-state index contributed by atoms with van der Waals surface area (Å²) >= 11 is 5.61. The maximum Gasteiger partial charge on any atom is 0.313 e. The van der Waals surface area contributed by atoms with Gasteiger partial charge in [-0.1, -0.05) is 30.9 Å². The highest BCUT2D eigenvalue weighted by Gasteiger charge is 2.23. The zero-order chi connectivity index (χ0) is 16.8. The zero-order valence-electron chi connectivity index (χ0n) is 12.6. The first kappa shape index (κ1) is 17.7. The fourth-order valence-electron chi connectivity index (χ4n) is 2.72. The van der Waals surface area contributed by atoms with E-state index in [2.05, 4.69) is 10.6 Å². The van der Waals surface area contributed by atoms with Crippen molar-refractivity contribution >= 4 is 29.1 Å². The lowest BCUT2D eigenvalue weighted by molar-refractivity contribution is -0.136. The first-order valence-corrected chi connectivity index (χ1v) is 8.07. The molecule has 1 aliphatic rings. The van der Waals surface area contributed by atoms with Gasteiger partial charge < -0.3 is 15.7 Å². The Morgan fingerprint density at radius 3 is 2.61 bits per heavy atom. The topological polar surface area (TPSA) is 78.4 Å². The van der Waals surface area contributed by atoms with Crippen molar-refractivity contribution in [2.45, 2.75) is 38.2 Å². The molecule has 0 radical (unpaired) electrons. The molecule has 0 aliphatic heterocycles. The normalized spacial score (nSPS) is 16.7. The second-order valence-corrected chi connectivity index (χ2v) is 6.17. The van der Waals surface area contributed by atoms with E-state index in [-0.39, 0.29) is 23.2 Å². The van der Waals surface area contributed by atoms with Crippen LogP contribution in [-0.4, -0.2) is 29.6 Å². The van der Waals surface area contributed by atoms with Crippen LogP contribution in [0.1, 0.15) is 32.1 Å². The van der Waals surface area contributed by atoms with Crippen molar-refractivity contribution in [3.63, 3.8) is 0 Å². The monoisotopic (exact) mass is 342 g/mol. The van der Waals surface area contributed by atoms with Gasteiger partial charge in [0.1, 0.15) is 5.82 Å². The Bertz CT molecular complexity index is 576. The van der Waals surface area contributed by atoms with E-state index in [1.807, 2.05) is 0 Å². The average Bonchev–Trinajstić information content (AvgIpc) is 2.56. The second kappa shape index (κ2) is 8.26. The molecule has 1 aliphatic carbocycles. The lowest BCUT2D eigenvalue weighted by Gasteiger charge is -2.26. The molecule has 1 fully saturated rings. The third-order valence-corrected chi connectivity index (χ3v) is 4.34. The van der Waals surface area contributed by atoms with Crippen LogP contribution in [0.2, 0.25) is 5.02 Å². The Morgan fingerprint density at radius 2 is 1.96 bits per heavy atom. The van der Waals surface area contributed by atoms with Crippen LogP contribution in [0.25, 0.3) is 0 Å². The van der Waals surface area contributed by atoms with Crippen molar-refractivity contribution in [3.8, 4) is 0 Å². The number of rotatable bonds is 4. The van der Waals surface area contributed by atoms with Crippen LogP contribution >= 0.6 is 11.6 Å².